The minimum Gasteiger partial charge on any atom is -0.391 e. The summed E-state index contributed by atoms with van der Waals surface area (Å²) in [4.78, 5) is 13.4. The van der Waals surface area contributed by atoms with Gasteiger partial charge in [-0.25, -0.2) is 0 Å². The van der Waals surface area contributed by atoms with Crippen LogP contribution < -0.4 is 5.32 Å². The number of aliphatic hydroxyl groups excluding tert-OH is 1. The summed E-state index contributed by atoms with van der Waals surface area (Å²) < 4.78 is 0. The predicted octanol–water partition coefficient (Wildman–Crippen LogP) is 2.45. The van der Waals surface area contributed by atoms with E-state index in [0.717, 1.165) is 30.6 Å². The van der Waals surface area contributed by atoms with Crippen LogP contribution >= 0.6 is 11.3 Å². The Morgan fingerprint density at radius 2 is 2.17 bits per heavy atom. The van der Waals surface area contributed by atoms with Gasteiger partial charge in [-0.05, 0) is 38.1 Å². The van der Waals surface area contributed by atoms with E-state index in [2.05, 4.69) is 5.32 Å². The number of hydrogen-bond acceptors (Lipinski definition) is 3. The van der Waals surface area contributed by atoms with Crippen LogP contribution in [0.4, 0.5) is 0 Å². The minimum atomic E-state index is -0.522. The van der Waals surface area contributed by atoms with Crippen molar-refractivity contribution >= 4 is 17.2 Å². The zero-order chi connectivity index (χ0) is 13.2. The lowest BCUT2D eigenvalue weighted by Gasteiger charge is -2.32. The van der Waals surface area contributed by atoms with E-state index in [4.69, 9.17) is 0 Å². The molecule has 100 valence electrons. The molecule has 18 heavy (non-hydrogen) atoms. The Bertz CT molecular complexity index is 400. The summed E-state index contributed by atoms with van der Waals surface area (Å²) >= 11 is 1.60. The van der Waals surface area contributed by atoms with Crippen LogP contribution in [0.1, 0.15) is 44.4 Å². The molecule has 2 N–H and O–H groups in total. The number of hydrogen-bond donors (Lipinski definition) is 2. The fourth-order valence-corrected chi connectivity index (χ4v) is 3.22. The van der Waals surface area contributed by atoms with Crippen LogP contribution in [0.25, 0.3) is 0 Å². The summed E-state index contributed by atoms with van der Waals surface area (Å²) in [6.07, 6.45) is 3.43. The van der Waals surface area contributed by atoms with E-state index in [1.54, 1.807) is 11.3 Å². The molecule has 1 aromatic heterocycles. The number of thiophene rings is 1. The second-order valence-electron chi connectivity index (χ2n) is 5.53. The molecule has 1 aromatic rings. The Balaban J connectivity index is 2.03. The molecule has 2 atom stereocenters. The van der Waals surface area contributed by atoms with Crippen molar-refractivity contribution in [1.82, 2.24) is 5.32 Å². The van der Waals surface area contributed by atoms with Gasteiger partial charge in [-0.15, -0.1) is 11.3 Å². The molecule has 2 rings (SSSR count). The average Bonchev–Trinajstić information content (AvgIpc) is 2.86. The normalized spacial score (nSPS) is 24.8. The van der Waals surface area contributed by atoms with E-state index in [9.17, 15) is 9.90 Å². The van der Waals surface area contributed by atoms with E-state index in [0.29, 0.717) is 0 Å². The standard InChI is InChI=1S/C14H21NO2S/c1-14(2,12-8-5-9-18-12)13(17)15-10-6-3-4-7-11(10)16/h5,8-11,16H,3-4,6-7H2,1-2H3,(H,15,17). The number of rotatable bonds is 3. The first kappa shape index (κ1) is 13.6. The molecule has 0 aliphatic heterocycles. The van der Waals surface area contributed by atoms with E-state index in [1.165, 1.54) is 0 Å². The second-order valence-corrected chi connectivity index (χ2v) is 6.48. The fourth-order valence-electron chi connectivity index (χ4n) is 2.37. The molecule has 1 amide bonds. The molecule has 1 aliphatic carbocycles. The summed E-state index contributed by atoms with van der Waals surface area (Å²) in [7, 11) is 0. The topological polar surface area (TPSA) is 49.3 Å². The zero-order valence-corrected chi connectivity index (χ0v) is 11.8. The number of aliphatic hydroxyl groups is 1. The predicted molar refractivity (Wildman–Crippen MR) is 73.8 cm³/mol. The smallest absolute Gasteiger partial charge is 0.231 e. The van der Waals surface area contributed by atoms with Gasteiger partial charge in [-0.3, -0.25) is 4.79 Å². The first-order valence-corrected chi connectivity index (χ1v) is 7.43. The lowest BCUT2D eigenvalue weighted by Crippen LogP contribution is -2.50. The van der Waals surface area contributed by atoms with Gasteiger partial charge >= 0.3 is 0 Å². The highest BCUT2D eigenvalue weighted by atomic mass is 32.1. The van der Waals surface area contributed by atoms with Gasteiger partial charge in [0.2, 0.25) is 5.91 Å². The van der Waals surface area contributed by atoms with E-state index in [-0.39, 0.29) is 18.1 Å². The van der Waals surface area contributed by atoms with Gasteiger partial charge in [0.05, 0.1) is 17.6 Å². The van der Waals surface area contributed by atoms with Crippen LogP contribution in [0.5, 0.6) is 0 Å². The van der Waals surface area contributed by atoms with Crippen molar-refractivity contribution in [1.29, 1.82) is 0 Å². The van der Waals surface area contributed by atoms with Crippen molar-refractivity contribution in [3.05, 3.63) is 22.4 Å². The molecule has 1 saturated carbocycles. The molecule has 0 saturated heterocycles. The van der Waals surface area contributed by atoms with Crippen LogP contribution in [-0.2, 0) is 10.2 Å². The summed E-state index contributed by atoms with van der Waals surface area (Å²) in [5.41, 5.74) is -0.522. The van der Waals surface area contributed by atoms with Gasteiger partial charge in [-0.2, -0.15) is 0 Å². The highest BCUT2D eigenvalue weighted by Crippen LogP contribution is 2.28. The molecular formula is C14H21NO2S. The lowest BCUT2D eigenvalue weighted by molar-refractivity contribution is -0.127. The Morgan fingerprint density at radius 1 is 1.44 bits per heavy atom. The molecule has 1 aliphatic rings. The Hall–Kier alpha value is -0.870. The van der Waals surface area contributed by atoms with Crippen molar-refractivity contribution in [3.63, 3.8) is 0 Å². The van der Waals surface area contributed by atoms with Crippen LogP contribution in [0.3, 0.4) is 0 Å². The SMILES string of the molecule is CC(C)(C(=O)NC1CCCCC1O)c1cccs1. The van der Waals surface area contributed by atoms with Crippen LogP contribution in [-0.4, -0.2) is 23.2 Å². The Morgan fingerprint density at radius 3 is 2.78 bits per heavy atom. The van der Waals surface area contributed by atoms with Gasteiger partial charge in [0.15, 0.2) is 0 Å². The maximum atomic E-state index is 12.4. The van der Waals surface area contributed by atoms with Crippen LogP contribution in [0.15, 0.2) is 17.5 Å². The lowest BCUT2D eigenvalue weighted by atomic mass is 9.87. The third-order valence-electron chi connectivity index (χ3n) is 3.75. The molecule has 0 aromatic carbocycles. The zero-order valence-electron chi connectivity index (χ0n) is 11.0. The summed E-state index contributed by atoms with van der Waals surface area (Å²) in [5.74, 6) is 0.0101. The maximum absolute atomic E-state index is 12.4. The largest absolute Gasteiger partial charge is 0.391 e. The van der Waals surface area contributed by atoms with Gasteiger partial charge in [-0.1, -0.05) is 18.9 Å². The molecule has 4 heteroatoms. The van der Waals surface area contributed by atoms with Gasteiger partial charge in [0, 0.05) is 4.88 Å². The van der Waals surface area contributed by atoms with Crippen molar-refractivity contribution in [2.24, 2.45) is 0 Å². The third kappa shape index (κ3) is 2.75. The van der Waals surface area contributed by atoms with E-state index in [1.807, 2.05) is 31.4 Å². The second kappa shape index (κ2) is 5.41. The number of amides is 1. The van der Waals surface area contributed by atoms with Crippen LogP contribution in [0.2, 0.25) is 0 Å². The molecule has 1 heterocycles. The molecule has 0 radical (unpaired) electrons. The van der Waals surface area contributed by atoms with Crippen LogP contribution in [0, 0.1) is 0 Å². The van der Waals surface area contributed by atoms with E-state index >= 15 is 0 Å². The first-order valence-electron chi connectivity index (χ1n) is 6.55. The van der Waals surface area contributed by atoms with Crippen molar-refractivity contribution in [2.45, 2.75) is 57.1 Å². The summed E-state index contributed by atoms with van der Waals surface area (Å²) in [6, 6.07) is 3.87. The minimum absolute atomic E-state index is 0.0101. The molecule has 0 bridgehead atoms. The number of carbonyl (C=O) groups is 1. The van der Waals surface area contributed by atoms with E-state index < -0.39 is 5.41 Å². The molecule has 2 unspecified atom stereocenters. The monoisotopic (exact) mass is 267 g/mol. The molecule has 0 spiro atoms. The van der Waals surface area contributed by atoms with Crippen molar-refractivity contribution in [3.8, 4) is 0 Å². The number of carbonyl (C=O) groups excluding carboxylic acids is 1. The van der Waals surface area contributed by atoms with Crippen molar-refractivity contribution < 1.29 is 9.90 Å². The average molecular weight is 267 g/mol. The first-order chi connectivity index (χ1) is 8.51. The highest BCUT2D eigenvalue weighted by Gasteiger charge is 2.34. The van der Waals surface area contributed by atoms with Gasteiger partial charge < -0.3 is 10.4 Å². The van der Waals surface area contributed by atoms with Gasteiger partial charge in [0.1, 0.15) is 0 Å². The third-order valence-corrected chi connectivity index (χ3v) is 4.94. The van der Waals surface area contributed by atoms with Crippen molar-refractivity contribution in [2.75, 3.05) is 0 Å². The summed E-state index contributed by atoms with van der Waals surface area (Å²) in [6.45, 7) is 3.87. The maximum Gasteiger partial charge on any atom is 0.231 e. The Labute approximate surface area is 112 Å². The summed E-state index contributed by atoms with van der Waals surface area (Å²) in [5, 5.41) is 14.9. The van der Waals surface area contributed by atoms with Gasteiger partial charge in [0.25, 0.3) is 0 Å². The highest BCUT2D eigenvalue weighted by molar-refractivity contribution is 7.10. The Kier molecular flexibility index (Phi) is 4.07. The fraction of sp³-hybridized carbons (Fsp3) is 0.643. The quantitative estimate of drug-likeness (QED) is 0.883. The molecule has 3 nitrogen and oxygen atoms in total. The molecule has 1 fully saturated rings. The number of nitrogens with one attached hydrogen (secondary N) is 1. The molecular weight excluding hydrogens is 246 g/mol.